The summed E-state index contributed by atoms with van der Waals surface area (Å²) in [6.07, 6.45) is 0. The van der Waals surface area contributed by atoms with E-state index in [1.54, 1.807) is 0 Å². The second kappa shape index (κ2) is 5.02. The Morgan fingerprint density at radius 3 is 2.62 bits per heavy atom. The maximum absolute atomic E-state index is 13.4. The van der Waals surface area contributed by atoms with Crippen LogP contribution < -0.4 is 11.1 Å². The van der Waals surface area contributed by atoms with Crippen molar-refractivity contribution in [2.24, 2.45) is 5.73 Å². The fourth-order valence-corrected chi connectivity index (χ4v) is 2.27. The number of anilines is 1. The van der Waals surface area contributed by atoms with Gasteiger partial charge in [-0.25, -0.2) is 4.39 Å². The monoisotopic (exact) mass is 371 g/mol. The van der Waals surface area contributed by atoms with Crippen molar-refractivity contribution in [2.45, 2.75) is 0 Å². The predicted molar refractivity (Wildman–Crippen MR) is 68.9 cm³/mol. The molecule has 0 saturated heterocycles. The molecular formula is C7H4Br2FN3O2S. The van der Waals surface area contributed by atoms with Crippen molar-refractivity contribution in [3.63, 3.8) is 0 Å². The molecule has 3 N–H and O–H groups in total. The molecule has 0 bridgehead atoms. The number of nitrogens with zero attached hydrogens (tertiary/aromatic N) is 1. The Morgan fingerprint density at radius 1 is 1.62 bits per heavy atom. The third-order valence-electron chi connectivity index (χ3n) is 1.59. The summed E-state index contributed by atoms with van der Waals surface area (Å²) in [7, 11) is 0. The topological polar surface area (TPSA) is 81.2 Å². The lowest BCUT2D eigenvalue weighted by molar-refractivity contribution is -0.384. The molecule has 0 amide bonds. The number of hydrogen-bond acceptors (Lipinski definition) is 3. The Balaban J connectivity index is 3.47. The zero-order valence-electron chi connectivity index (χ0n) is 7.46. The van der Waals surface area contributed by atoms with Crippen molar-refractivity contribution in [2.75, 3.05) is 5.32 Å². The summed E-state index contributed by atoms with van der Waals surface area (Å²) < 4.78 is 13.3. The Hall–Kier alpha value is -0.800. The highest BCUT2D eigenvalue weighted by Gasteiger charge is 2.23. The first-order chi connectivity index (χ1) is 7.34. The molecule has 0 radical (unpaired) electrons. The van der Waals surface area contributed by atoms with Gasteiger partial charge in [-0.05, 0) is 44.1 Å². The quantitative estimate of drug-likeness (QED) is 0.361. The first kappa shape index (κ1) is 13.3. The normalized spacial score (nSPS) is 9.94. The lowest BCUT2D eigenvalue weighted by atomic mass is 10.2. The maximum atomic E-state index is 13.4. The number of nitrogens with two attached hydrogens (primary N) is 1. The summed E-state index contributed by atoms with van der Waals surface area (Å²) in [5.74, 6) is -0.677. The zero-order chi connectivity index (χ0) is 12.5. The number of nitrogens with one attached hydrogen (secondary N) is 1. The molecule has 0 unspecified atom stereocenters. The number of halogens is 3. The minimum Gasteiger partial charge on any atom is -0.376 e. The molecule has 0 aliphatic heterocycles. The van der Waals surface area contributed by atoms with Crippen LogP contribution in [0.1, 0.15) is 0 Å². The van der Waals surface area contributed by atoms with Gasteiger partial charge in [0.1, 0.15) is 5.69 Å². The van der Waals surface area contributed by atoms with Crippen molar-refractivity contribution in [3.05, 3.63) is 30.9 Å². The van der Waals surface area contributed by atoms with Gasteiger partial charge in [0.25, 0.3) is 5.69 Å². The lowest BCUT2D eigenvalue weighted by Gasteiger charge is -2.09. The summed E-state index contributed by atoms with van der Waals surface area (Å²) in [5, 5.41) is 12.9. The second-order valence-electron chi connectivity index (χ2n) is 2.63. The van der Waals surface area contributed by atoms with Crippen molar-refractivity contribution >= 4 is 60.6 Å². The fourth-order valence-electron chi connectivity index (χ4n) is 0.969. The van der Waals surface area contributed by atoms with Gasteiger partial charge in [0.2, 0.25) is 0 Å². The van der Waals surface area contributed by atoms with Crippen molar-refractivity contribution in [3.8, 4) is 0 Å². The minimum absolute atomic E-state index is 0.0282. The molecule has 0 aliphatic carbocycles. The minimum atomic E-state index is -0.677. The summed E-state index contributed by atoms with van der Waals surface area (Å²) in [4.78, 5) is 10.1. The molecule has 0 atom stereocenters. The third kappa shape index (κ3) is 2.66. The van der Waals surface area contributed by atoms with Gasteiger partial charge in [-0.15, -0.1) is 0 Å². The number of benzene rings is 1. The highest BCUT2D eigenvalue weighted by Crippen LogP contribution is 2.38. The molecule has 86 valence electrons. The highest BCUT2D eigenvalue weighted by molar-refractivity contribution is 9.11. The lowest BCUT2D eigenvalue weighted by Crippen LogP contribution is -2.20. The predicted octanol–water partition coefficient (Wildman–Crippen LogP) is 2.91. The van der Waals surface area contributed by atoms with Crippen LogP contribution in [0.2, 0.25) is 0 Å². The molecule has 1 rings (SSSR count). The zero-order valence-corrected chi connectivity index (χ0v) is 11.4. The van der Waals surface area contributed by atoms with Crippen LogP contribution in [-0.2, 0) is 0 Å². The molecule has 1 aromatic rings. The van der Waals surface area contributed by atoms with Gasteiger partial charge in [-0.1, -0.05) is 0 Å². The number of nitro groups is 1. The van der Waals surface area contributed by atoms with Crippen LogP contribution in [-0.4, -0.2) is 10.0 Å². The summed E-state index contributed by atoms with van der Waals surface area (Å²) in [6.45, 7) is 0. The van der Waals surface area contributed by atoms with Gasteiger partial charge < -0.3 is 11.1 Å². The van der Waals surface area contributed by atoms with Crippen LogP contribution in [0.4, 0.5) is 15.8 Å². The molecule has 0 heterocycles. The fraction of sp³-hybridized carbons (Fsp3) is 0. The van der Waals surface area contributed by atoms with Gasteiger partial charge in [0.05, 0.1) is 13.9 Å². The van der Waals surface area contributed by atoms with Gasteiger partial charge in [0.15, 0.2) is 10.9 Å². The second-order valence-corrected chi connectivity index (χ2v) is 4.71. The Kier molecular flexibility index (Phi) is 4.16. The van der Waals surface area contributed by atoms with Crippen LogP contribution in [0.5, 0.6) is 0 Å². The van der Waals surface area contributed by atoms with Gasteiger partial charge >= 0.3 is 0 Å². The van der Waals surface area contributed by atoms with E-state index in [0.29, 0.717) is 0 Å². The average molecular weight is 373 g/mol. The van der Waals surface area contributed by atoms with E-state index in [1.807, 2.05) is 0 Å². The van der Waals surface area contributed by atoms with Gasteiger partial charge in [-0.2, -0.15) is 0 Å². The molecule has 9 heteroatoms. The number of thiocarbonyl (C=S) groups is 1. The van der Waals surface area contributed by atoms with Crippen LogP contribution in [0.25, 0.3) is 0 Å². The number of hydrogen-bond donors (Lipinski definition) is 2. The standard InChI is InChI=1S/C7H4Br2FN3O2S/c8-2-1-3(13(14)15)6(12-7(11)16)4(9)5(2)10/h1H,(H3,11,12,16). The average Bonchev–Trinajstić information content (AvgIpc) is 2.17. The van der Waals surface area contributed by atoms with Gasteiger partial charge in [0, 0.05) is 6.07 Å². The molecule has 16 heavy (non-hydrogen) atoms. The van der Waals surface area contributed by atoms with E-state index in [9.17, 15) is 14.5 Å². The van der Waals surface area contributed by atoms with E-state index >= 15 is 0 Å². The number of nitro benzene ring substituents is 1. The van der Waals surface area contributed by atoms with Gasteiger partial charge in [-0.3, -0.25) is 10.1 Å². The van der Waals surface area contributed by atoms with Crippen molar-refractivity contribution in [1.82, 2.24) is 0 Å². The van der Waals surface area contributed by atoms with Crippen molar-refractivity contribution < 1.29 is 9.31 Å². The van der Waals surface area contributed by atoms with E-state index in [-0.39, 0.29) is 25.4 Å². The first-order valence-electron chi connectivity index (χ1n) is 3.73. The Bertz CT molecular complexity index is 483. The molecule has 0 aliphatic rings. The molecule has 0 saturated carbocycles. The van der Waals surface area contributed by atoms with E-state index in [4.69, 9.17) is 5.73 Å². The third-order valence-corrected chi connectivity index (χ3v) is 3.01. The maximum Gasteiger partial charge on any atom is 0.295 e. The summed E-state index contributed by atoms with van der Waals surface area (Å²) >= 11 is 10.3. The molecule has 0 fully saturated rings. The number of rotatable bonds is 2. The van der Waals surface area contributed by atoms with E-state index in [1.165, 1.54) is 0 Å². The van der Waals surface area contributed by atoms with Crippen LogP contribution in [0, 0.1) is 15.9 Å². The Morgan fingerprint density at radius 2 is 2.19 bits per heavy atom. The SMILES string of the molecule is NC(=S)Nc1c([N+](=O)[O-])cc(Br)c(F)c1Br. The van der Waals surface area contributed by atoms with Crippen LogP contribution >= 0.6 is 44.1 Å². The summed E-state index contributed by atoms with van der Waals surface area (Å²) in [5.41, 5.74) is 4.74. The first-order valence-corrected chi connectivity index (χ1v) is 5.72. The smallest absolute Gasteiger partial charge is 0.295 e. The van der Waals surface area contributed by atoms with Crippen LogP contribution in [0.15, 0.2) is 15.0 Å². The Labute approximate surface area is 112 Å². The van der Waals surface area contributed by atoms with E-state index in [0.717, 1.165) is 6.07 Å². The van der Waals surface area contributed by atoms with Crippen molar-refractivity contribution in [1.29, 1.82) is 0 Å². The molecule has 0 spiro atoms. The highest BCUT2D eigenvalue weighted by atomic mass is 79.9. The van der Waals surface area contributed by atoms with Crippen LogP contribution in [0.3, 0.4) is 0 Å². The molecule has 1 aromatic carbocycles. The molecule has 0 aromatic heterocycles. The van der Waals surface area contributed by atoms with E-state index < -0.39 is 10.7 Å². The summed E-state index contributed by atoms with van der Waals surface area (Å²) in [6, 6.07) is 1.03. The molecular weight excluding hydrogens is 369 g/mol. The largest absolute Gasteiger partial charge is 0.376 e. The van der Waals surface area contributed by atoms with E-state index in [2.05, 4.69) is 49.4 Å². The molecule has 5 nitrogen and oxygen atoms in total.